The highest BCUT2D eigenvalue weighted by Gasteiger charge is 2.24. The van der Waals surface area contributed by atoms with Crippen molar-refractivity contribution in [3.8, 4) is 0 Å². The second-order valence-corrected chi connectivity index (χ2v) is 7.27. The molecule has 1 fully saturated rings. The number of hydrogen-bond acceptors (Lipinski definition) is 2. The van der Waals surface area contributed by atoms with Crippen molar-refractivity contribution in [3.63, 3.8) is 0 Å². The summed E-state index contributed by atoms with van der Waals surface area (Å²) in [6, 6.07) is 9.59. The van der Waals surface area contributed by atoms with E-state index in [0.717, 1.165) is 13.0 Å². The molecule has 0 radical (unpaired) electrons. The summed E-state index contributed by atoms with van der Waals surface area (Å²) < 4.78 is 0. The van der Waals surface area contributed by atoms with Crippen molar-refractivity contribution in [2.75, 3.05) is 13.6 Å². The fourth-order valence-electron chi connectivity index (χ4n) is 2.87. The summed E-state index contributed by atoms with van der Waals surface area (Å²) in [5, 5.41) is 3.65. The molecule has 3 heteroatoms. The van der Waals surface area contributed by atoms with Crippen molar-refractivity contribution >= 4 is 5.91 Å². The van der Waals surface area contributed by atoms with Crippen LogP contribution in [0.5, 0.6) is 0 Å². The van der Waals surface area contributed by atoms with E-state index in [1.807, 2.05) is 11.9 Å². The number of piperidine rings is 1. The molecule has 1 aromatic rings. The molecule has 1 N–H and O–H groups in total. The van der Waals surface area contributed by atoms with E-state index < -0.39 is 0 Å². The van der Waals surface area contributed by atoms with Gasteiger partial charge in [-0.15, -0.1) is 0 Å². The lowest BCUT2D eigenvalue weighted by atomic mass is 9.86. The lowest BCUT2D eigenvalue weighted by Crippen LogP contribution is -2.47. The summed E-state index contributed by atoms with van der Waals surface area (Å²) in [5.74, 6) is 0.259. The van der Waals surface area contributed by atoms with Crippen molar-refractivity contribution < 1.29 is 4.79 Å². The van der Waals surface area contributed by atoms with Gasteiger partial charge in [0.05, 0.1) is 0 Å². The first-order valence-electron chi connectivity index (χ1n) is 7.88. The van der Waals surface area contributed by atoms with E-state index in [1.165, 1.54) is 11.1 Å². The van der Waals surface area contributed by atoms with Gasteiger partial charge in [-0.3, -0.25) is 4.79 Å². The number of likely N-dealkylation sites (tertiary alicyclic amines) is 1. The van der Waals surface area contributed by atoms with Gasteiger partial charge in [0.15, 0.2) is 0 Å². The Hall–Kier alpha value is -1.35. The lowest BCUT2D eigenvalue weighted by Gasteiger charge is -2.32. The smallest absolute Gasteiger partial charge is 0.222 e. The second-order valence-electron chi connectivity index (χ2n) is 7.27. The molecule has 0 aliphatic carbocycles. The molecule has 1 heterocycles. The highest BCUT2D eigenvalue weighted by Crippen LogP contribution is 2.24. The third-order valence-corrected chi connectivity index (χ3v) is 4.39. The lowest BCUT2D eigenvalue weighted by molar-refractivity contribution is -0.132. The van der Waals surface area contributed by atoms with Gasteiger partial charge >= 0.3 is 0 Å². The molecule has 1 aliphatic heterocycles. The van der Waals surface area contributed by atoms with Gasteiger partial charge in [-0.25, -0.2) is 0 Å². The fourth-order valence-corrected chi connectivity index (χ4v) is 2.87. The molecule has 1 amide bonds. The number of nitrogens with one attached hydrogen (secondary N) is 1. The first kappa shape index (κ1) is 16.0. The van der Waals surface area contributed by atoms with E-state index in [2.05, 4.69) is 57.3 Å². The number of amides is 1. The van der Waals surface area contributed by atoms with Crippen LogP contribution in [0.1, 0.15) is 57.7 Å². The molecular weight excluding hydrogens is 260 g/mol. The first-order valence-corrected chi connectivity index (χ1v) is 7.88. The Balaban J connectivity index is 1.97. The summed E-state index contributed by atoms with van der Waals surface area (Å²) in [4.78, 5) is 13.4. The molecule has 0 bridgehead atoms. The summed E-state index contributed by atoms with van der Waals surface area (Å²) in [7, 11) is 1.89. The van der Waals surface area contributed by atoms with E-state index in [1.54, 1.807) is 0 Å². The molecule has 0 saturated carbocycles. The minimum atomic E-state index is 0.196. The highest BCUT2D eigenvalue weighted by atomic mass is 16.2. The number of nitrogens with zero attached hydrogens (tertiary/aromatic N) is 1. The monoisotopic (exact) mass is 288 g/mol. The maximum Gasteiger partial charge on any atom is 0.222 e. The molecule has 116 valence electrons. The molecule has 1 aliphatic rings. The molecular formula is C18H28N2O. The van der Waals surface area contributed by atoms with Crippen LogP contribution in [0.3, 0.4) is 0 Å². The molecule has 0 aromatic heterocycles. The molecule has 2 atom stereocenters. The van der Waals surface area contributed by atoms with Crippen LogP contribution < -0.4 is 5.32 Å². The number of carbonyl (C=O) groups excluding carboxylic acids is 1. The second kappa shape index (κ2) is 6.18. The largest absolute Gasteiger partial charge is 0.344 e. The third kappa shape index (κ3) is 4.07. The SMILES string of the molecule is CC(NC1CCC(=O)N(C)C1)c1ccc(C(C)(C)C)cc1. The number of benzene rings is 1. The average Bonchev–Trinajstić information content (AvgIpc) is 2.42. The van der Waals surface area contributed by atoms with Gasteiger partial charge in [-0.2, -0.15) is 0 Å². The Morgan fingerprint density at radius 2 is 1.86 bits per heavy atom. The van der Waals surface area contributed by atoms with Gasteiger partial charge < -0.3 is 10.2 Å². The van der Waals surface area contributed by atoms with Crippen LogP contribution in [0.2, 0.25) is 0 Å². The first-order chi connectivity index (χ1) is 9.77. The van der Waals surface area contributed by atoms with Gasteiger partial charge in [-0.1, -0.05) is 45.0 Å². The van der Waals surface area contributed by atoms with E-state index in [9.17, 15) is 4.79 Å². The van der Waals surface area contributed by atoms with E-state index in [4.69, 9.17) is 0 Å². The zero-order valence-corrected chi connectivity index (χ0v) is 13.9. The molecule has 2 unspecified atom stereocenters. The van der Waals surface area contributed by atoms with Crippen LogP contribution >= 0.6 is 0 Å². The Morgan fingerprint density at radius 1 is 1.24 bits per heavy atom. The van der Waals surface area contributed by atoms with E-state index in [0.29, 0.717) is 18.5 Å². The Morgan fingerprint density at radius 3 is 2.38 bits per heavy atom. The van der Waals surface area contributed by atoms with Gasteiger partial charge in [0.1, 0.15) is 0 Å². The number of likely N-dealkylation sites (N-methyl/N-ethyl adjacent to an activating group) is 1. The number of hydrogen-bond donors (Lipinski definition) is 1. The summed E-state index contributed by atoms with van der Waals surface area (Å²) in [6.45, 7) is 9.71. The van der Waals surface area contributed by atoms with Crippen LogP contribution in [0, 0.1) is 0 Å². The predicted molar refractivity (Wildman–Crippen MR) is 87.4 cm³/mol. The third-order valence-electron chi connectivity index (χ3n) is 4.39. The van der Waals surface area contributed by atoms with Gasteiger partial charge in [0.2, 0.25) is 5.91 Å². The minimum Gasteiger partial charge on any atom is -0.344 e. The van der Waals surface area contributed by atoms with Crippen molar-refractivity contribution in [2.24, 2.45) is 0 Å². The average molecular weight is 288 g/mol. The standard InChI is InChI=1S/C18H28N2O/c1-13(19-16-10-11-17(21)20(5)12-16)14-6-8-15(9-7-14)18(2,3)4/h6-9,13,16,19H,10-12H2,1-5H3. The van der Waals surface area contributed by atoms with Crippen molar-refractivity contribution in [3.05, 3.63) is 35.4 Å². The summed E-state index contributed by atoms with van der Waals surface area (Å²) in [6.07, 6.45) is 1.59. The summed E-state index contributed by atoms with van der Waals surface area (Å²) in [5.41, 5.74) is 2.87. The maximum absolute atomic E-state index is 11.5. The van der Waals surface area contributed by atoms with Crippen LogP contribution in [0.15, 0.2) is 24.3 Å². The highest BCUT2D eigenvalue weighted by molar-refractivity contribution is 5.76. The van der Waals surface area contributed by atoms with Crippen LogP contribution in [-0.4, -0.2) is 30.4 Å². The Labute approximate surface area is 128 Å². The normalized spacial score (nSPS) is 21.5. The van der Waals surface area contributed by atoms with Crippen LogP contribution in [0.25, 0.3) is 0 Å². The maximum atomic E-state index is 11.5. The molecule has 0 spiro atoms. The van der Waals surface area contributed by atoms with Crippen molar-refractivity contribution in [1.29, 1.82) is 0 Å². The van der Waals surface area contributed by atoms with E-state index >= 15 is 0 Å². The van der Waals surface area contributed by atoms with Gasteiger partial charge in [0.25, 0.3) is 0 Å². The fraction of sp³-hybridized carbons (Fsp3) is 0.611. The van der Waals surface area contributed by atoms with Crippen molar-refractivity contribution in [1.82, 2.24) is 10.2 Å². The topological polar surface area (TPSA) is 32.3 Å². The zero-order chi connectivity index (χ0) is 15.6. The van der Waals surface area contributed by atoms with Gasteiger partial charge in [0, 0.05) is 32.1 Å². The van der Waals surface area contributed by atoms with Crippen LogP contribution in [0.4, 0.5) is 0 Å². The summed E-state index contributed by atoms with van der Waals surface area (Å²) >= 11 is 0. The molecule has 3 nitrogen and oxygen atoms in total. The molecule has 1 aromatic carbocycles. The Kier molecular flexibility index (Phi) is 4.72. The minimum absolute atomic E-state index is 0.196. The van der Waals surface area contributed by atoms with Crippen LogP contribution in [-0.2, 0) is 10.2 Å². The quantitative estimate of drug-likeness (QED) is 0.926. The van der Waals surface area contributed by atoms with Crippen molar-refractivity contribution in [2.45, 2.75) is 58.0 Å². The number of carbonyl (C=O) groups is 1. The molecule has 1 saturated heterocycles. The number of rotatable bonds is 3. The van der Waals surface area contributed by atoms with Gasteiger partial charge in [-0.05, 0) is 29.9 Å². The predicted octanol–water partition coefficient (Wildman–Crippen LogP) is 3.26. The zero-order valence-electron chi connectivity index (χ0n) is 13.9. The Bertz CT molecular complexity index is 487. The molecule has 2 rings (SSSR count). The molecule has 21 heavy (non-hydrogen) atoms. The van der Waals surface area contributed by atoms with E-state index in [-0.39, 0.29) is 11.3 Å².